The van der Waals surface area contributed by atoms with E-state index in [2.05, 4.69) is 277 Å². The summed E-state index contributed by atoms with van der Waals surface area (Å²) in [6, 6.07) is 96.3. The van der Waals surface area contributed by atoms with Crippen LogP contribution < -0.4 is 9.80 Å². The van der Waals surface area contributed by atoms with Crippen molar-refractivity contribution in [1.82, 2.24) is 0 Å². The van der Waals surface area contributed by atoms with Gasteiger partial charge >= 0.3 is 0 Å². The number of hydrogen-bond donors (Lipinski definition) is 0. The second-order valence-corrected chi connectivity index (χ2v) is 16.1. The fraction of sp³-hybridized carbons (Fsp3) is 0. The van der Waals surface area contributed by atoms with E-state index in [4.69, 9.17) is 0 Å². The van der Waals surface area contributed by atoms with E-state index in [1.165, 1.54) is 43.8 Å². The van der Waals surface area contributed by atoms with Gasteiger partial charge < -0.3 is 9.80 Å². The van der Waals surface area contributed by atoms with E-state index >= 15 is 0 Å². The van der Waals surface area contributed by atoms with Crippen LogP contribution in [0.3, 0.4) is 0 Å². The normalized spacial score (nSPS) is 11.1. The van der Waals surface area contributed by atoms with Crippen LogP contribution in [0.2, 0.25) is 0 Å². The molecule has 0 amide bonds. The number of rotatable bonds is 10. The predicted octanol–water partition coefficient (Wildman–Crippen LogP) is 17.6. The Labute approximate surface area is 375 Å². The van der Waals surface area contributed by atoms with Crippen molar-refractivity contribution >= 4 is 55.7 Å². The van der Waals surface area contributed by atoms with Crippen molar-refractivity contribution in [2.24, 2.45) is 0 Å². The first-order valence-electron chi connectivity index (χ1n) is 21.9. The molecule has 64 heavy (non-hydrogen) atoms. The van der Waals surface area contributed by atoms with E-state index in [1.807, 2.05) is 0 Å². The topological polar surface area (TPSA) is 6.48 Å². The van der Waals surface area contributed by atoms with Crippen molar-refractivity contribution < 1.29 is 0 Å². The molecule has 0 fully saturated rings. The Kier molecular flexibility index (Phi) is 10.3. The molecular weight excluding hydrogens is 773 g/mol. The molecule has 11 aromatic rings. The Morgan fingerprint density at radius 2 is 0.703 bits per heavy atom. The number of para-hydroxylation sites is 2. The van der Waals surface area contributed by atoms with Gasteiger partial charge in [0.2, 0.25) is 0 Å². The minimum Gasteiger partial charge on any atom is -0.310 e. The predicted molar refractivity (Wildman–Crippen MR) is 273 cm³/mol. The van der Waals surface area contributed by atoms with Gasteiger partial charge in [-0.2, -0.15) is 0 Å². The largest absolute Gasteiger partial charge is 0.310 e. The van der Waals surface area contributed by atoms with Gasteiger partial charge in [0.05, 0.1) is 11.4 Å². The molecule has 0 aliphatic heterocycles. The summed E-state index contributed by atoms with van der Waals surface area (Å²) in [5.41, 5.74) is 16.0. The van der Waals surface area contributed by atoms with Gasteiger partial charge in [0.1, 0.15) is 0 Å². The molecule has 0 saturated heterocycles. The molecule has 0 spiro atoms. The molecule has 0 N–H and O–H groups in total. The van der Waals surface area contributed by atoms with Crippen LogP contribution in [-0.2, 0) is 0 Å². The van der Waals surface area contributed by atoms with E-state index in [1.54, 1.807) is 0 Å². The summed E-state index contributed by atoms with van der Waals surface area (Å²) in [5.74, 6) is 0. The van der Waals surface area contributed by atoms with Crippen LogP contribution in [0.5, 0.6) is 0 Å². The summed E-state index contributed by atoms with van der Waals surface area (Å²) in [4.78, 5) is 4.79. The number of anilines is 6. The monoisotopic (exact) mass is 816 g/mol. The van der Waals surface area contributed by atoms with Gasteiger partial charge in [-0.15, -0.1) is 0 Å². The maximum atomic E-state index is 2.46. The lowest BCUT2D eigenvalue weighted by Gasteiger charge is -2.31. The average Bonchev–Trinajstić information content (AvgIpc) is 3.38. The van der Waals surface area contributed by atoms with Gasteiger partial charge in [-0.25, -0.2) is 0 Å². The highest BCUT2D eigenvalue weighted by Gasteiger charge is 2.23. The zero-order valence-corrected chi connectivity index (χ0v) is 35.3. The minimum absolute atomic E-state index is 1.10. The molecule has 11 aromatic carbocycles. The molecule has 11 rings (SSSR count). The van der Waals surface area contributed by atoms with Crippen molar-refractivity contribution in [2.75, 3.05) is 9.80 Å². The first kappa shape index (κ1) is 38.5. The van der Waals surface area contributed by atoms with E-state index in [0.29, 0.717) is 0 Å². The highest BCUT2D eigenvalue weighted by atomic mass is 15.2. The minimum atomic E-state index is 1.10. The summed E-state index contributed by atoms with van der Waals surface area (Å²) < 4.78 is 0. The second-order valence-electron chi connectivity index (χ2n) is 16.1. The lowest BCUT2D eigenvalue weighted by molar-refractivity contribution is 1.28. The van der Waals surface area contributed by atoms with Crippen molar-refractivity contribution in [2.45, 2.75) is 0 Å². The van der Waals surface area contributed by atoms with Crippen LogP contribution in [0.1, 0.15) is 0 Å². The van der Waals surface area contributed by atoms with Crippen LogP contribution in [0.15, 0.2) is 267 Å². The van der Waals surface area contributed by atoms with Crippen molar-refractivity contribution in [3.8, 4) is 44.5 Å². The molecule has 0 bridgehead atoms. The summed E-state index contributed by atoms with van der Waals surface area (Å²) in [7, 11) is 0. The molecule has 2 nitrogen and oxygen atoms in total. The lowest BCUT2D eigenvalue weighted by atomic mass is 9.94. The van der Waals surface area contributed by atoms with Crippen LogP contribution >= 0.6 is 0 Å². The second kappa shape index (κ2) is 17.1. The number of fused-ring (bicyclic) bond motifs is 2. The van der Waals surface area contributed by atoms with E-state index in [9.17, 15) is 0 Å². The zero-order chi connectivity index (χ0) is 42.7. The van der Waals surface area contributed by atoms with Crippen LogP contribution in [0.25, 0.3) is 66.1 Å². The Hall–Kier alpha value is -8.46. The van der Waals surface area contributed by atoms with Crippen LogP contribution in [0.4, 0.5) is 34.1 Å². The zero-order valence-electron chi connectivity index (χ0n) is 35.3. The molecule has 0 aliphatic rings. The molecule has 0 unspecified atom stereocenters. The molecule has 0 radical (unpaired) electrons. The standard InChI is InChI=1S/C62H44N2/c1-4-17-45(18-5-1)47-35-39-55(40-36-47)63(54-25-8-3-9-26-54)56-27-16-24-53(43-56)48-31-33-50(34-32-48)58-28-14-15-30-60(58)64(57-41-37-46-19-10-11-23-52(46)44-57)61-42-38-49-20-12-13-29-59(49)62(61)51-21-6-2-7-22-51/h1-44H. The molecule has 0 aromatic heterocycles. The van der Waals surface area contributed by atoms with Gasteiger partial charge in [-0.3, -0.25) is 0 Å². The highest BCUT2D eigenvalue weighted by Crippen LogP contribution is 2.48. The van der Waals surface area contributed by atoms with E-state index in [0.717, 1.165) is 56.4 Å². The third-order valence-electron chi connectivity index (χ3n) is 12.2. The summed E-state index contributed by atoms with van der Waals surface area (Å²) >= 11 is 0. The van der Waals surface area contributed by atoms with Crippen molar-refractivity contribution in [3.05, 3.63) is 267 Å². The number of hydrogen-bond acceptors (Lipinski definition) is 2. The third-order valence-corrected chi connectivity index (χ3v) is 12.2. The first-order valence-corrected chi connectivity index (χ1v) is 21.9. The molecule has 2 heteroatoms. The quantitative estimate of drug-likeness (QED) is 0.136. The van der Waals surface area contributed by atoms with Gasteiger partial charge in [-0.1, -0.05) is 206 Å². The molecule has 0 aliphatic carbocycles. The van der Waals surface area contributed by atoms with Crippen LogP contribution in [-0.4, -0.2) is 0 Å². The van der Waals surface area contributed by atoms with Crippen molar-refractivity contribution in [3.63, 3.8) is 0 Å². The summed E-state index contributed by atoms with van der Waals surface area (Å²) in [6.45, 7) is 0. The molecule has 0 saturated carbocycles. The number of nitrogens with zero attached hydrogens (tertiary/aromatic N) is 2. The fourth-order valence-electron chi connectivity index (χ4n) is 9.12. The molecular formula is C62H44N2. The summed E-state index contributed by atoms with van der Waals surface area (Å²) in [6.07, 6.45) is 0. The van der Waals surface area contributed by atoms with Crippen molar-refractivity contribution in [1.29, 1.82) is 0 Å². The summed E-state index contributed by atoms with van der Waals surface area (Å²) in [5, 5.41) is 4.85. The SMILES string of the molecule is c1ccc(-c2ccc(N(c3ccccc3)c3cccc(-c4ccc(-c5ccccc5N(c5ccc6ccccc6c5)c5ccc6ccccc6c5-c5ccccc5)cc4)c3)cc2)cc1. The van der Waals surface area contributed by atoms with Gasteiger partial charge in [0.15, 0.2) is 0 Å². The number of benzene rings is 11. The lowest BCUT2D eigenvalue weighted by Crippen LogP contribution is -2.12. The fourth-order valence-corrected chi connectivity index (χ4v) is 9.12. The van der Waals surface area contributed by atoms with Gasteiger partial charge in [-0.05, 0) is 116 Å². The third kappa shape index (κ3) is 7.48. The van der Waals surface area contributed by atoms with E-state index < -0.39 is 0 Å². The van der Waals surface area contributed by atoms with Gasteiger partial charge in [0.25, 0.3) is 0 Å². The first-order chi connectivity index (χ1) is 31.7. The average molecular weight is 817 g/mol. The molecule has 302 valence electrons. The van der Waals surface area contributed by atoms with Crippen LogP contribution in [0, 0.1) is 0 Å². The molecule has 0 heterocycles. The Balaban J connectivity index is 1.00. The maximum absolute atomic E-state index is 2.46. The Bertz CT molecular complexity index is 3360. The smallest absolute Gasteiger partial charge is 0.0546 e. The molecule has 0 atom stereocenters. The highest BCUT2D eigenvalue weighted by molar-refractivity contribution is 6.07. The van der Waals surface area contributed by atoms with Gasteiger partial charge in [0, 0.05) is 33.9 Å². The maximum Gasteiger partial charge on any atom is 0.0546 e. The van der Waals surface area contributed by atoms with E-state index in [-0.39, 0.29) is 0 Å². The Morgan fingerprint density at radius 3 is 1.47 bits per heavy atom. The Morgan fingerprint density at radius 1 is 0.219 bits per heavy atom.